The number of piperidine rings is 1. The van der Waals surface area contributed by atoms with Crippen LogP contribution in [0.3, 0.4) is 0 Å². The highest BCUT2D eigenvalue weighted by Crippen LogP contribution is 2.29. The van der Waals surface area contributed by atoms with Gasteiger partial charge in [0.15, 0.2) is 0 Å². The van der Waals surface area contributed by atoms with Crippen molar-refractivity contribution in [2.24, 2.45) is 11.8 Å². The van der Waals surface area contributed by atoms with E-state index in [1.54, 1.807) is 0 Å². The average molecular weight is 370 g/mol. The lowest BCUT2D eigenvalue weighted by Crippen LogP contribution is -2.48. The normalized spacial score (nSPS) is 26.1. The van der Waals surface area contributed by atoms with Gasteiger partial charge in [-0.2, -0.15) is 5.26 Å². The summed E-state index contributed by atoms with van der Waals surface area (Å²) >= 11 is 0. The van der Waals surface area contributed by atoms with Crippen LogP contribution in [0.15, 0.2) is 34.9 Å². The van der Waals surface area contributed by atoms with E-state index in [-0.39, 0.29) is 0 Å². The van der Waals surface area contributed by atoms with Gasteiger partial charge in [-0.3, -0.25) is 9.80 Å². The number of hydrogen-bond donors (Lipinski definition) is 0. The van der Waals surface area contributed by atoms with E-state index in [0.29, 0.717) is 12.1 Å². The minimum Gasteiger partial charge on any atom is -0.300 e. The monoisotopic (exact) mass is 369 g/mol. The average Bonchev–Trinajstić information content (AvgIpc) is 2.67. The molecule has 3 nitrogen and oxygen atoms in total. The van der Waals surface area contributed by atoms with E-state index in [1.165, 1.54) is 49.9 Å². The maximum atomic E-state index is 9.09. The van der Waals surface area contributed by atoms with Crippen molar-refractivity contribution in [1.29, 1.82) is 5.26 Å². The van der Waals surface area contributed by atoms with Gasteiger partial charge in [-0.1, -0.05) is 24.6 Å². The van der Waals surface area contributed by atoms with Crippen LogP contribution < -0.4 is 0 Å². The number of nitriles is 1. The van der Waals surface area contributed by atoms with Gasteiger partial charge in [-0.15, -0.1) is 0 Å². The van der Waals surface area contributed by atoms with E-state index in [0.717, 1.165) is 24.0 Å². The lowest BCUT2D eigenvalue weighted by molar-refractivity contribution is 0.0877. The molecule has 0 bridgehead atoms. The Morgan fingerprint density at radius 2 is 1.85 bits per heavy atom. The molecular formula is C24H39N3. The molecule has 0 aromatic rings. The molecule has 0 saturated carbocycles. The first-order valence-electron chi connectivity index (χ1n) is 10.7. The van der Waals surface area contributed by atoms with Gasteiger partial charge in [0, 0.05) is 24.2 Å². The van der Waals surface area contributed by atoms with E-state index < -0.39 is 0 Å². The summed E-state index contributed by atoms with van der Waals surface area (Å²) in [5.41, 5.74) is 3.38. The molecule has 2 aliphatic rings. The van der Waals surface area contributed by atoms with Crippen molar-refractivity contribution in [3.05, 3.63) is 34.9 Å². The number of likely N-dealkylation sites (N-methyl/N-ethyl adjacent to an activating group) is 1. The van der Waals surface area contributed by atoms with Crippen molar-refractivity contribution >= 4 is 0 Å². The Morgan fingerprint density at radius 1 is 1.19 bits per heavy atom. The smallest absolute Gasteiger partial charge is 0.0944 e. The summed E-state index contributed by atoms with van der Waals surface area (Å²) in [6.45, 7) is 14.3. The van der Waals surface area contributed by atoms with Crippen LogP contribution >= 0.6 is 0 Å². The highest BCUT2D eigenvalue weighted by Gasteiger charge is 2.29. The molecule has 2 unspecified atom stereocenters. The number of allylic oxidation sites excluding steroid dienone is 3. The van der Waals surface area contributed by atoms with E-state index in [2.05, 4.69) is 68.8 Å². The van der Waals surface area contributed by atoms with Crippen LogP contribution in [0, 0.1) is 23.2 Å². The second-order valence-electron chi connectivity index (χ2n) is 8.99. The minimum atomic E-state index is 0.639. The molecule has 0 amide bonds. The summed E-state index contributed by atoms with van der Waals surface area (Å²) in [6.07, 6.45) is 12.1. The zero-order valence-corrected chi connectivity index (χ0v) is 18.3. The number of hydrogen-bond acceptors (Lipinski definition) is 3. The largest absolute Gasteiger partial charge is 0.300 e. The van der Waals surface area contributed by atoms with Gasteiger partial charge in [0.2, 0.25) is 0 Å². The molecule has 3 heteroatoms. The maximum Gasteiger partial charge on any atom is 0.0944 e. The number of nitrogens with zero attached hydrogens (tertiary/aromatic N) is 3. The SMILES string of the molecule is CC(C)=C(/C=C(\C)C#N)CN(C)C1CCN([C@H](C)C2C=CC(C)CC2)CC1. The summed E-state index contributed by atoms with van der Waals surface area (Å²) in [4.78, 5) is 5.20. The van der Waals surface area contributed by atoms with Crippen molar-refractivity contribution in [2.45, 2.75) is 72.4 Å². The molecule has 3 atom stereocenters. The van der Waals surface area contributed by atoms with E-state index in [4.69, 9.17) is 5.26 Å². The molecule has 0 N–H and O–H groups in total. The molecule has 1 aliphatic carbocycles. The van der Waals surface area contributed by atoms with E-state index in [9.17, 15) is 0 Å². The summed E-state index contributed by atoms with van der Waals surface area (Å²) in [7, 11) is 2.24. The van der Waals surface area contributed by atoms with Crippen molar-refractivity contribution in [3.63, 3.8) is 0 Å². The van der Waals surface area contributed by atoms with Gasteiger partial charge in [0.05, 0.1) is 6.07 Å². The van der Waals surface area contributed by atoms with Crippen LogP contribution in [0.5, 0.6) is 0 Å². The summed E-state index contributed by atoms with van der Waals surface area (Å²) < 4.78 is 0. The molecule has 27 heavy (non-hydrogen) atoms. The minimum absolute atomic E-state index is 0.639. The second-order valence-corrected chi connectivity index (χ2v) is 8.99. The zero-order chi connectivity index (χ0) is 20.0. The van der Waals surface area contributed by atoms with Crippen LogP contribution in [0.1, 0.15) is 60.3 Å². The van der Waals surface area contributed by atoms with Crippen molar-refractivity contribution in [1.82, 2.24) is 9.80 Å². The zero-order valence-electron chi connectivity index (χ0n) is 18.3. The third kappa shape index (κ3) is 6.33. The topological polar surface area (TPSA) is 30.3 Å². The summed E-state index contributed by atoms with van der Waals surface area (Å²) in [5, 5.41) is 9.09. The van der Waals surface area contributed by atoms with Gasteiger partial charge < -0.3 is 0 Å². The molecule has 1 fully saturated rings. The van der Waals surface area contributed by atoms with Crippen LogP contribution in [-0.4, -0.2) is 48.6 Å². The Morgan fingerprint density at radius 3 is 2.37 bits per heavy atom. The standard InChI is InChI=1S/C24H39N3/c1-18(2)23(15-20(4)16-25)17-26(6)24-11-13-27(14-12-24)21(5)22-9-7-19(3)8-10-22/h7,9,15,19,21-22,24H,8,10-14,17H2,1-6H3/b20-15+/t19?,21-,22?/m1/s1. The van der Waals surface area contributed by atoms with Crippen molar-refractivity contribution in [2.75, 3.05) is 26.7 Å². The van der Waals surface area contributed by atoms with Crippen molar-refractivity contribution in [3.8, 4) is 6.07 Å². The fourth-order valence-electron chi connectivity index (χ4n) is 4.43. The van der Waals surface area contributed by atoms with Crippen LogP contribution in [0.2, 0.25) is 0 Å². The first kappa shape index (κ1) is 21.9. The number of rotatable bonds is 6. The van der Waals surface area contributed by atoms with Crippen LogP contribution in [0.25, 0.3) is 0 Å². The predicted octanol–water partition coefficient (Wildman–Crippen LogP) is 5.18. The molecule has 0 radical (unpaired) electrons. The lowest BCUT2D eigenvalue weighted by atomic mass is 9.84. The Hall–Kier alpha value is -1.37. The third-order valence-corrected chi connectivity index (χ3v) is 6.59. The highest BCUT2D eigenvalue weighted by atomic mass is 15.2. The quantitative estimate of drug-likeness (QED) is 0.367. The van der Waals surface area contributed by atoms with Gasteiger partial charge in [0.25, 0.3) is 0 Å². The third-order valence-electron chi connectivity index (χ3n) is 6.59. The van der Waals surface area contributed by atoms with E-state index in [1.807, 2.05) is 6.92 Å². The molecule has 0 aromatic heterocycles. The molecule has 150 valence electrons. The molecule has 1 aliphatic heterocycles. The van der Waals surface area contributed by atoms with E-state index >= 15 is 0 Å². The van der Waals surface area contributed by atoms with Gasteiger partial charge in [-0.05, 0) is 97.0 Å². The first-order valence-corrected chi connectivity index (χ1v) is 10.7. The summed E-state index contributed by atoms with van der Waals surface area (Å²) in [6, 6.07) is 3.55. The Kier molecular flexibility index (Phi) is 8.32. The lowest BCUT2D eigenvalue weighted by Gasteiger charge is -2.42. The predicted molar refractivity (Wildman–Crippen MR) is 115 cm³/mol. The highest BCUT2D eigenvalue weighted by molar-refractivity contribution is 5.33. The van der Waals surface area contributed by atoms with Crippen LogP contribution in [0.4, 0.5) is 0 Å². The van der Waals surface area contributed by atoms with Crippen molar-refractivity contribution < 1.29 is 0 Å². The molecule has 1 heterocycles. The Bertz CT molecular complexity index is 610. The van der Waals surface area contributed by atoms with Crippen LogP contribution in [-0.2, 0) is 0 Å². The molecular weight excluding hydrogens is 330 g/mol. The van der Waals surface area contributed by atoms with Gasteiger partial charge in [-0.25, -0.2) is 0 Å². The Labute approximate surface area is 167 Å². The fourth-order valence-corrected chi connectivity index (χ4v) is 4.43. The molecule has 2 rings (SSSR count). The van der Waals surface area contributed by atoms with Gasteiger partial charge in [0.1, 0.15) is 0 Å². The first-order chi connectivity index (χ1) is 12.8. The second kappa shape index (κ2) is 10.2. The Balaban J connectivity index is 1.88. The fraction of sp³-hybridized carbons (Fsp3) is 0.708. The summed E-state index contributed by atoms with van der Waals surface area (Å²) in [5.74, 6) is 1.49. The number of likely N-dealkylation sites (tertiary alicyclic amines) is 1. The van der Waals surface area contributed by atoms with Gasteiger partial charge >= 0.3 is 0 Å². The molecule has 0 aromatic carbocycles. The molecule has 0 spiro atoms. The maximum absolute atomic E-state index is 9.09. The molecule has 1 saturated heterocycles.